The van der Waals surface area contributed by atoms with Crippen molar-refractivity contribution < 1.29 is 24.1 Å². The summed E-state index contributed by atoms with van der Waals surface area (Å²) in [6.07, 6.45) is 3.39. The second-order valence-corrected chi connectivity index (χ2v) is 7.46. The highest BCUT2D eigenvalue weighted by atomic mass is 16.5. The van der Waals surface area contributed by atoms with E-state index in [2.05, 4.69) is 6.07 Å². The van der Waals surface area contributed by atoms with Gasteiger partial charge in [0.2, 0.25) is 0 Å². The van der Waals surface area contributed by atoms with Crippen LogP contribution in [0.5, 0.6) is 23.0 Å². The zero-order valence-corrected chi connectivity index (χ0v) is 18.4. The van der Waals surface area contributed by atoms with Gasteiger partial charge in [-0.25, -0.2) is 0 Å². The maximum atomic E-state index is 10.7. The van der Waals surface area contributed by atoms with Crippen LogP contribution in [0.3, 0.4) is 0 Å². The van der Waals surface area contributed by atoms with Crippen LogP contribution in [0.25, 0.3) is 28.0 Å². The molecule has 4 aromatic carbocycles. The average molecular weight is 440 g/mol. The predicted octanol–water partition coefficient (Wildman–Crippen LogP) is 6.80. The van der Waals surface area contributed by atoms with Gasteiger partial charge in [0.05, 0.1) is 20.6 Å². The van der Waals surface area contributed by atoms with Gasteiger partial charge < -0.3 is 19.3 Å². The third kappa shape index (κ3) is 5.33. The van der Waals surface area contributed by atoms with Crippen LogP contribution >= 0.6 is 0 Å². The third-order valence-electron chi connectivity index (χ3n) is 5.26. The molecule has 0 aliphatic heterocycles. The minimum atomic E-state index is -0.856. The fourth-order valence-electron chi connectivity index (χ4n) is 3.53. The molecule has 0 saturated heterocycles. The first-order chi connectivity index (χ1) is 16.1. The summed E-state index contributed by atoms with van der Waals surface area (Å²) in [5, 5.41) is 10.9. The van der Waals surface area contributed by atoms with Crippen LogP contribution in [-0.4, -0.2) is 25.3 Å². The van der Waals surface area contributed by atoms with Gasteiger partial charge in [0.1, 0.15) is 23.0 Å². The predicted molar refractivity (Wildman–Crippen MR) is 130 cm³/mol. The Labute approximate surface area is 192 Å². The molecule has 4 aromatic rings. The fourth-order valence-corrected chi connectivity index (χ4v) is 3.53. The molecule has 0 amide bonds. The van der Waals surface area contributed by atoms with Crippen LogP contribution in [0.4, 0.5) is 0 Å². The standard InChI is InChI=1S/C28H24O5/c1-31-23-13-8-20(9-14-23)26-17-21-10-15-25(32-2)16-22(21)18-27(26)33-24-11-6-19(7-12-24)4-3-5-28(29)30/h3-4,6-18H,5H2,1-2H3,(H,29,30). The number of hydrogen-bond acceptors (Lipinski definition) is 4. The van der Waals surface area contributed by atoms with E-state index in [1.165, 1.54) is 0 Å². The van der Waals surface area contributed by atoms with Crippen molar-refractivity contribution in [2.24, 2.45) is 0 Å². The maximum Gasteiger partial charge on any atom is 0.307 e. The molecule has 1 N–H and O–H groups in total. The number of hydrogen-bond donors (Lipinski definition) is 1. The van der Waals surface area contributed by atoms with E-state index in [4.69, 9.17) is 19.3 Å². The van der Waals surface area contributed by atoms with E-state index < -0.39 is 5.97 Å². The van der Waals surface area contributed by atoms with E-state index >= 15 is 0 Å². The molecule has 0 aliphatic carbocycles. The Hall–Kier alpha value is -4.25. The largest absolute Gasteiger partial charge is 0.497 e. The minimum absolute atomic E-state index is 0.00990. The zero-order valence-electron chi connectivity index (χ0n) is 18.4. The van der Waals surface area contributed by atoms with E-state index in [0.29, 0.717) is 5.75 Å². The minimum Gasteiger partial charge on any atom is -0.497 e. The summed E-state index contributed by atoms with van der Waals surface area (Å²) < 4.78 is 17.0. The van der Waals surface area contributed by atoms with Crippen LogP contribution in [0.15, 0.2) is 84.9 Å². The molecule has 0 bridgehead atoms. The summed E-state index contributed by atoms with van der Waals surface area (Å²) in [4.78, 5) is 10.7. The van der Waals surface area contributed by atoms with Crippen LogP contribution in [0, 0.1) is 0 Å². The quantitative estimate of drug-likeness (QED) is 0.326. The van der Waals surface area contributed by atoms with E-state index in [-0.39, 0.29) is 6.42 Å². The molecule has 0 heterocycles. The SMILES string of the molecule is COc1ccc(-c2cc3ccc(OC)cc3cc2Oc2ccc(C=CCC(=O)O)cc2)cc1. The van der Waals surface area contributed by atoms with Gasteiger partial charge in [0.25, 0.3) is 0 Å². The maximum absolute atomic E-state index is 10.7. The molecule has 33 heavy (non-hydrogen) atoms. The number of aliphatic carboxylic acids is 1. The first-order valence-electron chi connectivity index (χ1n) is 10.5. The van der Waals surface area contributed by atoms with Crippen LogP contribution in [-0.2, 0) is 4.79 Å². The molecule has 0 spiro atoms. The molecule has 5 nitrogen and oxygen atoms in total. The number of carboxylic acids is 1. The molecule has 0 unspecified atom stereocenters. The highest BCUT2D eigenvalue weighted by molar-refractivity contribution is 5.91. The van der Waals surface area contributed by atoms with Crippen molar-refractivity contribution in [3.8, 4) is 34.1 Å². The second kappa shape index (κ2) is 9.92. The summed E-state index contributed by atoms with van der Waals surface area (Å²) in [6, 6.07) is 25.5. The summed E-state index contributed by atoms with van der Waals surface area (Å²) in [7, 11) is 3.30. The lowest BCUT2D eigenvalue weighted by molar-refractivity contribution is -0.135. The van der Waals surface area contributed by atoms with Gasteiger partial charge in [-0.2, -0.15) is 0 Å². The van der Waals surface area contributed by atoms with Crippen molar-refractivity contribution in [2.75, 3.05) is 14.2 Å². The highest BCUT2D eigenvalue weighted by Crippen LogP contribution is 2.38. The van der Waals surface area contributed by atoms with Crippen molar-refractivity contribution in [1.82, 2.24) is 0 Å². The van der Waals surface area contributed by atoms with Crippen molar-refractivity contribution in [2.45, 2.75) is 6.42 Å². The van der Waals surface area contributed by atoms with Gasteiger partial charge in [-0.3, -0.25) is 4.79 Å². The van der Waals surface area contributed by atoms with Crippen LogP contribution in [0.2, 0.25) is 0 Å². The number of benzene rings is 4. The van der Waals surface area contributed by atoms with Gasteiger partial charge in [-0.1, -0.05) is 42.5 Å². The first-order valence-corrected chi connectivity index (χ1v) is 10.5. The lowest BCUT2D eigenvalue weighted by Crippen LogP contribution is -1.91. The Balaban J connectivity index is 1.70. The van der Waals surface area contributed by atoms with Gasteiger partial charge >= 0.3 is 5.97 Å². The Morgan fingerprint density at radius 3 is 2.12 bits per heavy atom. The lowest BCUT2D eigenvalue weighted by atomic mass is 9.99. The summed E-state index contributed by atoms with van der Waals surface area (Å²) in [6.45, 7) is 0. The van der Waals surface area contributed by atoms with Crippen molar-refractivity contribution >= 4 is 22.8 Å². The van der Waals surface area contributed by atoms with Crippen molar-refractivity contribution in [3.05, 3.63) is 90.5 Å². The summed E-state index contributed by atoms with van der Waals surface area (Å²) in [5.41, 5.74) is 2.87. The number of methoxy groups -OCH3 is 2. The number of rotatable bonds is 8. The first kappa shape index (κ1) is 22.0. The second-order valence-electron chi connectivity index (χ2n) is 7.46. The van der Waals surface area contributed by atoms with E-state index in [0.717, 1.165) is 44.7 Å². The monoisotopic (exact) mass is 440 g/mol. The molecule has 5 heteroatoms. The molecule has 0 atom stereocenters. The molecular weight excluding hydrogens is 416 g/mol. The summed E-state index contributed by atoms with van der Waals surface area (Å²) >= 11 is 0. The molecule has 0 fully saturated rings. The number of carbonyl (C=O) groups is 1. The molecule has 0 radical (unpaired) electrons. The zero-order chi connectivity index (χ0) is 23.2. The highest BCUT2D eigenvalue weighted by Gasteiger charge is 2.11. The lowest BCUT2D eigenvalue weighted by Gasteiger charge is -2.14. The molecule has 0 aromatic heterocycles. The van der Waals surface area contributed by atoms with Gasteiger partial charge in [0, 0.05) is 5.56 Å². The van der Waals surface area contributed by atoms with Gasteiger partial charge in [0.15, 0.2) is 0 Å². The molecule has 4 rings (SSSR count). The Kier molecular flexibility index (Phi) is 6.60. The molecule has 0 aliphatic rings. The third-order valence-corrected chi connectivity index (χ3v) is 5.26. The van der Waals surface area contributed by atoms with Crippen LogP contribution in [0.1, 0.15) is 12.0 Å². The topological polar surface area (TPSA) is 65.0 Å². The number of ether oxygens (including phenoxy) is 3. The Morgan fingerprint density at radius 1 is 0.788 bits per heavy atom. The smallest absolute Gasteiger partial charge is 0.307 e. The fraction of sp³-hybridized carbons (Fsp3) is 0.107. The average Bonchev–Trinajstić information content (AvgIpc) is 2.84. The van der Waals surface area contributed by atoms with Crippen molar-refractivity contribution in [3.63, 3.8) is 0 Å². The van der Waals surface area contributed by atoms with E-state index in [1.54, 1.807) is 26.4 Å². The van der Waals surface area contributed by atoms with E-state index in [1.807, 2.05) is 72.8 Å². The van der Waals surface area contributed by atoms with Crippen molar-refractivity contribution in [1.29, 1.82) is 0 Å². The Morgan fingerprint density at radius 2 is 1.45 bits per heavy atom. The van der Waals surface area contributed by atoms with Gasteiger partial charge in [-0.15, -0.1) is 0 Å². The summed E-state index contributed by atoms with van der Waals surface area (Å²) in [5.74, 6) is 2.11. The molecule has 166 valence electrons. The number of fused-ring (bicyclic) bond motifs is 1. The number of carboxylic acid groups (broad SMARTS) is 1. The van der Waals surface area contributed by atoms with Crippen LogP contribution < -0.4 is 14.2 Å². The van der Waals surface area contributed by atoms with Gasteiger partial charge in [-0.05, 0) is 70.4 Å². The molecule has 0 saturated carbocycles. The molecular formula is C28H24O5. The Bertz CT molecular complexity index is 1290. The van der Waals surface area contributed by atoms with E-state index in [9.17, 15) is 4.79 Å². The normalized spacial score (nSPS) is 11.0.